The van der Waals surface area contributed by atoms with Gasteiger partial charge in [-0.1, -0.05) is 48.5 Å². The van der Waals surface area contributed by atoms with Crippen LogP contribution in [0.15, 0.2) is 58.5 Å². The molecule has 1 aliphatic heterocycles. The Balaban J connectivity index is 2.22. The maximum absolute atomic E-state index is 10.4. The predicted molar refractivity (Wildman–Crippen MR) is 77.5 cm³/mol. The summed E-state index contributed by atoms with van der Waals surface area (Å²) in [4.78, 5) is 7.88. The third-order valence-corrected chi connectivity index (χ3v) is 3.20. The smallest absolute Gasteiger partial charge is 0.283 e. The van der Waals surface area contributed by atoms with E-state index in [1.54, 1.807) is 12.1 Å². The summed E-state index contributed by atoms with van der Waals surface area (Å²) in [7, 11) is 0. The molecule has 0 atom stereocenters. The van der Waals surface area contributed by atoms with Crippen LogP contribution in [0.4, 0.5) is 0 Å². The third kappa shape index (κ3) is 1.91. The van der Waals surface area contributed by atoms with Crippen LogP contribution in [-0.4, -0.2) is 17.5 Å². The first-order valence-electron chi connectivity index (χ1n) is 6.15. The Bertz CT molecular complexity index is 730. The van der Waals surface area contributed by atoms with E-state index in [-0.39, 0.29) is 0 Å². The lowest BCUT2D eigenvalue weighted by molar-refractivity contribution is 0.0606. The number of rotatable bonds is 2. The van der Waals surface area contributed by atoms with Gasteiger partial charge in [-0.3, -0.25) is 0 Å². The van der Waals surface area contributed by atoms with E-state index >= 15 is 0 Å². The molecule has 1 heterocycles. The maximum Gasteiger partial charge on any atom is 0.283 e. The standard InChI is InChI=1S/C16H11N3O/c17-11-14-13(12-5-2-1-3-6-12)7-4-8-15(14)16(20)18-9-10-19-16/h1-10,20H. The first-order valence-corrected chi connectivity index (χ1v) is 6.15. The molecule has 0 aliphatic carbocycles. The van der Waals surface area contributed by atoms with Crippen LogP contribution >= 0.6 is 0 Å². The van der Waals surface area contributed by atoms with Crippen LogP contribution in [0, 0.1) is 11.3 Å². The second-order valence-electron chi connectivity index (χ2n) is 4.40. The number of nitrogens with zero attached hydrogens (tertiary/aromatic N) is 3. The summed E-state index contributed by atoms with van der Waals surface area (Å²) in [6.07, 6.45) is 2.85. The van der Waals surface area contributed by atoms with Gasteiger partial charge in [0.25, 0.3) is 5.85 Å². The Labute approximate surface area is 116 Å². The van der Waals surface area contributed by atoms with Gasteiger partial charge >= 0.3 is 0 Å². The number of benzene rings is 2. The van der Waals surface area contributed by atoms with Crippen LogP contribution in [0.5, 0.6) is 0 Å². The molecule has 2 aromatic carbocycles. The summed E-state index contributed by atoms with van der Waals surface area (Å²) < 4.78 is 0. The molecule has 1 aliphatic rings. The van der Waals surface area contributed by atoms with Crippen LogP contribution in [0.1, 0.15) is 11.1 Å². The molecular weight excluding hydrogens is 250 g/mol. The van der Waals surface area contributed by atoms with Gasteiger partial charge in [0.15, 0.2) is 0 Å². The number of aliphatic hydroxyl groups is 1. The Morgan fingerprint density at radius 1 is 0.950 bits per heavy atom. The van der Waals surface area contributed by atoms with Crippen molar-refractivity contribution in [3.63, 3.8) is 0 Å². The summed E-state index contributed by atoms with van der Waals surface area (Å²) in [6.45, 7) is 0. The summed E-state index contributed by atoms with van der Waals surface area (Å²) in [6, 6.07) is 17.0. The molecule has 20 heavy (non-hydrogen) atoms. The molecule has 0 aromatic heterocycles. The van der Waals surface area contributed by atoms with E-state index in [4.69, 9.17) is 0 Å². The van der Waals surface area contributed by atoms with E-state index in [1.165, 1.54) is 12.4 Å². The molecule has 1 N–H and O–H groups in total. The monoisotopic (exact) mass is 261 g/mol. The fourth-order valence-electron chi connectivity index (χ4n) is 2.26. The molecule has 3 rings (SSSR count). The number of hydrogen-bond acceptors (Lipinski definition) is 4. The zero-order valence-electron chi connectivity index (χ0n) is 10.6. The summed E-state index contributed by atoms with van der Waals surface area (Å²) in [5.41, 5.74) is 2.46. The van der Waals surface area contributed by atoms with Crippen LogP contribution in [-0.2, 0) is 5.85 Å². The Kier molecular flexibility index (Phi) is 2.90. The minimum Gasteiger partial charge on any atom is -0.347 e. The Morgan fingerprint density at radius 3 is 2.30 bits per heavy atom. The molecule has 0 amide bonds. The molecule has 0 bridgehead atoms. The van der Waals surface area contributed by atoms with Gasteiger partial charge in [0.2, 0.25) is 0 Å². The molecule has 2 aromatic rings. The summed E-state index contributed by atoms with van der Waals surface area (Å²) in [5, 5.41) is 19.9. The molecule has 0 saturated carbocycles. The topological polar surface area (TPSA) is 68.7 Å². The van der Waals surface area contributed by atoms with Gasteiger partial charge in [0, 0.05) is 18.0 Å². The van der Waals surface area contributed by atoms with Gasteiger partial charge in [-0.25, -0.2) is 9.98 Å². The number of aliphatic imine (C=N–C) groups is 2. The average Bonchev–Trinajstić information content (AvgIpc) is 2.95. The molecule has 96 valence electrons. The molecule has 0 radical (unpaired) electrons. The normalized spacial score (nSPS) is 15.2. The lowest BCUT2D eigenvalue weighted by atomic mass is 9.94. The molecule has 0 unspecified atom stereocenters. The largest absolute Gasteiger partial charge is 0.347 e. The SMILES string of the molecule is N#Cc1c(-c2ccccc2)cccc1C1(O)N=CC=N1. The summed E-state index contributed by atoms with van der Waals surface area (Å²) in [5.74, 6) is -1.68. The van der Waals surface area contributed by atoms with Crippen LogP contribution in [0.3, 0.4) is 0 Å². The van der Waals surface area contributed by atoms with Crippen molar-refractivity contribution in [1.82, 2.24) is 0 Å². The van der Waals surface area contributed by atoms with Crippen molar-refractivity contribution in [2.45, 2.75) is 5.85 Å². The Hall–Kier alpha value is -2.77. The molecule has 0 fully saturated rings. The minimum atomic E-state index is -1.68. The number of hydrogen-bond donors (Lipinski definition) is 1. The first kappa shape index (κ1) is 12.3. The van der Waals surface area contributed by atoms with Gasteiger partial charge in [0.05, 0.1) is 5.56 Å². The highest BCUT2D eigenvalue weighted by atomic mass is 16.3. The molecule has 4 heteroatoms. The summed E-state index contributed by atoms with van der Waals surface area (Å²) >= 11 is 0. The quantitative estimate of drug-likeness (QED) is 0.902. The van der Waals surface area contributed by atoms with E-state index in [0.717, 1.165) is 11.1 Å². The van der Waals surface area contributed by atoms with E-state index < -0.39 is 5.85 Å². The second kappa shape index (κ2) is 4.72. The fourth-order valence-corrected chi connectivity index (χ4v) is 2.26. The lowest BCUT2D eigenvalue weighted by Gasteiger charge is -2.19. The number of nitriles is 1. The second-order valence-corrected chi connectivity index (χ2v) is 4.40. The van der Waals surface area contributed by atoms with Crippen molar-refractivity contribution >= 4 is 12.4 Å². The Morgan fingerprint density at radius 2 is 1.65 bits per heavy atom. The molecule has 0 spiro atoms. The lowest BCUT2D eigenvalue weighted by Crippen LogP contribution is -2.19. The van der Waals surface area contributed by atoms with Gasteiger partial charge in [-0.2, -0.15) is 5.26 Å². The highest BCUT2D eigenvalue weighted by molar-refractivity contribution is 6.17. The first-order chi connectivity index (χ1) is 9.74. The van der Waals surface area contributed by atoms with Crippen molar-refractivity contribution in [1.29, 1.82) is 5.26 Å². The van der Waals surface area contributed by atoms with E-state index in [9.17, 15) is 10.4 Å². The van der Waals surface area contributed by atoms with Crippen molar-refractivity contribution in [2.24, 2.45) is 9.98 Å². The predicted octanol–water partition coefficient (Wildman–Crippen LogP) is 2.48. The molecular formula is C16H11N3O. The van der Waals surface area contributed by atoms with Crippen LogP contribution in [0.25, 0.3) is 11.1 Å². The van der Waals surface area contributed by atoms with Crippen LogP contribution < -0.4 is 0 Å². The van der Waals surface area contributed by atoms with Crippen molar-refractivity contribution in [3.05, 3.63) is 59.7 Å². The van der Waals surface area contributed by atoms with Crippen LogP contribution in [0.2, 0.25) is 0 Å². The zero-order chi connectivity index (χ0) is 14.0. The van der Waals surface area contributed by atoms with E-state index in [2.05, 4.69) is 16.1 Å². The average molecular weight is 261 g/mol. The third-order valence-electron chi connectivity index (χ3n) is 3.20. The fraction of sp³-hybridized carbons (Fsp3) is 0.0625. The highest BCUT2D eigenvalue weighted by Crippen LogP contribution is 2.34. The highest BCUT2D eigenvalue weighted by Gasteiger charge is 2.32. The van der Waals surface area contributed by atoms with Crippen molar-refractivity contribution in [3.8, 4) is 17.2 Å². The van der Waals surface area contributed by atoms with Gasteiger partial charge in [-0.05, 0) is 11.1 Å². The maximum atomic E-state index is 10.4. The van der Waals surface area contributed by atoms with Crippen molar-refractivity contribution in [2.75, 3.05) is 0 Å². The van der Waals surface area contributed by atoms with E-state index in [0.29, 0.717) is 11.1 Å². The van der Waals surface area contributed by atoms with E-state index in [1.807, 2.05) is 36.4 Å². The van der Waals surface area contributed by atoms with Crippen molar-refractivity contribution < 1.29 is 5.11 Å². The van der Waals surface area contributed by atoms with Gasteiger partial charge < -0.3 is 5.11 Å². The van der Waals surface area contributed by atoms with Gasteiger partial charge in [-0.15, -0.1) is 0 Å². The van der Waals surface area contributed by atoms with Gasteiger partial charge in [0.1, 0.15) is 6.07 Å². The molecule has 0 saturated heterocycles. The minimum absolute atomic E-state index is 0.386. The molecule has 4 nitrogen and oxygen atoms in total. The zero-order valence-corrected chi connectivity index (χ0v) is 10.6.